The summed E-state index contributed by atoms with van der Waals surface area (Å²) >= 11 is 0. The van der Waals surface area contributed by atoms with Gasteiger partial charge in [-0.2, -0.15) is 0 Å². The Balaban J connectivity index is 3.39. The smallest absolute Gasteiger partial charge is 0.220 e. The standard InChI is InChI=1S/C71H141NO3/c1-3-5-7-9-11-13-15-17-19-21-23-25-27-29-31-33-35-36-37-38-40-42-44-46-48-50-52-54-56-58-60-62-64-66-70(74)69(68-73)72-71(75)67-65-63-61-59-57-55-53-51-49-47-45-43-41-39-34-32-30-28-26-24-22-20-18-16-14-12-10-8-6-4-2/h64,66,69-70,73-74H,3-63,65,67-68H2,1-2H3,(H,72,75)/b66-64+. The molecule has 0 saturated heterocycles. The fourth-order valence-corrected chi connectivity index (χ4v) is 11.7. The molecule has 2 unspecified atom stereocenters. The molecule has 0 rings (SSSR count). The van der Waals surface area contributed by atoms with Gasteiger partial charge in [0.15, 0.2) is 0 Å². The van der Waals surface area contributed by atoms with Gasteiger partial charge in [0.25, 0.3) is 0 Å². The van der Waals surface area contributed by atoms with E-state index < -0.39 is 12.1 Å². The summed E-state index contributed by atoms with van der Waals surface area (Å²) in [6.07, 6.45) is 90.3. The van der Waals surface area contributed by atoms with Gasteiger partial charge in [0, 0.05) is 6.42 Å². The van der Waals surface area contributed by atoms with Crippen LogP contribution >= 0.6 is 0 Å². The third-order valence-electron chi connectivity index (χ3n) is 17.0. The van der Waals surface area contributed by atoms with Crippen LogP contribution in [0.1, 0.15) is 418 Å². The van der Waals surface area contributed by atoms with E-state index in [0.29, 0.717) is 6.42 Å². The van der Waals surface area contributed by atoms with Crippen molar-refractivity contribution < 1.29 is 15.0 Å². The summed E-state index contributed by atoms with van der Waals surface area (Å²) in [4.78, 5) is 12.5. The van der Waals surface area contributed by atoms with Gasteiger partial charge in [-0.15, -0.1) is 0 Å². The van der Waals surface area contributed by atoms with E-state index in [4.69, 9.17) is 0 Å². The Labute approximate surface area is 473 Å². The van der Waals surface area contributed by atoms with Crippen molar-refractivity contribution in [3.63, 3.8) is 0 Å². The summed E-state index contributed by atoms with van der Waals surface area (Å²) in [5.41, 5.74) is 0. The van der Waals surface area contributed by atoms with Gasteiger partial charge in [0.1, 0.15) is 0 Å². The van der Waals surface area contributed by atoms with Crippen molar-refractivity contribution in [2.24, 2.45) is 0 Å². The SMILES string of the molecule is CCCCCCCCCCCCCCCCCCCCCCCCCCCCCCCCC/C=C/C(O)C(CO)NC(=O)CCCCCCCCCCCCCCCCCCCCCCCCCCCCCCCC. The minimum absolute atomic E-state index is 0.0529. The predicted octanol–water partition coefficient (Wildman–Crippen LogP) is 24.0. The number of unbranched alkanes of at least 4 members (excludes halogenated alkanes) is 60. The molecule has 0 radical (unpaired) electrons. The summed E-state index contributed by atoms with van der Waals surface area (Å²) in [5, 5.41) is 23.3. The molecular weight excluding hydrogens is 915 g/mol. The van der Waals surface area contributed by atoms with Gasteiger partial charge in [-0.05, 0) is 19.3 Å². The van der Waals surface area contributed by atoms with Crippen molar-refractivity contribution in [2.45, 2.75) is 431 Å². The highest BCUT2D eigenvalue weighted by molar-refractivity contribution is 5.76. The van der Waals surface area contributed by atoms with Gasteiger partial charge in [0.2, 0.25) is 5.91 Å². The molecule has 0 aromatic rings. The molecule has 0 saturated carbocycles. The maximum absolute atomic E-state index is 12.5. The molecule has 4 nitrogen and oxygen atoms in total. The number of carbonyl (C=O) groups excluding carboxylic acids is 1. The van der Waals surface area contributed by atoms with Crippen LogP contribution in [-0.2, 0) is 4.79 Å². The zero-order chi connectivity index (χ0) is 54.1. The molecule has 0 heterocycles. The first-order valence-electron chi connectivity index (χ1n) is 35.4. The maximum Gasteiger partial charge on any atom is 0.220 e. The van der Waals surface area contributed by atoms with Gasteiger partial charge in [-0.3, -0.25) is 4.79 Å². The summed E-state index contributed by atoms with van der Waals surface area (Å²) in [6, 6.07) is -0.620. The third kappa shape index (κ3) is 63.8. The van der Waals surface area contributed by atoms with E-state index in [9.17, 15) is 15.0 Å². The molecular formula is C71H141NO3. The zero-order valence-corrected chi connectivity index (χ0v) is 51.9. The van der Waals surface area contributed by atoms with Gasteiger partial charge in [-0.1, -0.05) is 405 Å². The molecule has 0 spiro atoms. The molecule has 0 aliphatic heterocycles. The fourth-order valence-electron chi connectivity index (χ4n) is 11.7. The van der Waals surface area contributed by atoms with Crippen LogP contribution in [-0.4, -0.2) is 34.9 Å². The molecule has 1 amide bonds. The van der Waals surface area contributed by atoms with Crippen LogP contribution < -0.4 is 5.32 Å². The minimum Gasteiger partial charge on any atom is -0.394 e. The quantitative estimate of drug-likeness (QED) is 0.0420. The molecule has 448 valence electrons. The second-order valence-electron chi connectivity index (χ2n) is 24.7. The number of rotatable bonds is 67. The molecule has 2 atom stereocenters. The van der Waals surface area contributed by atoms with Gasteiger partial charge < -0.3 is 15.5 Å². The van der Waals surface area contributed by atoms with Crippen molar-refractivity contribution in [1.29, 1.82) is 0 Å². The molecule has 3 N–H and O–H groups in total. The van der Waals surface area contributed by atoms with Crippen molar-refractivity contribution in [3.05, 3.63) is 12.2 Å². The van der Waals surface area contributed by atoms with Crippen molar-refractivity contribution >= 4 is 5.91 Å². The normalized spacial score (nSPS) is 12.6. The number of amides is 1. The fraction of sp³-hybridized carbons (Fsp3) is 0.958. The van der Waals surface area contributed by atoms with E-state index in [1.807, 2.05) is 6.08 Å². The average molecular weight is 1060 g/mol. The third-order valence-corrected chi connectivity index (χ3v) is 17.0. The Kier molecular flexibility index (Phi) is 66.6. The van der Waals surface area contributed by atoms with E-state index in [1.165, 1.54) is 372 Å². The molecule has 0 aromatic heterocycles. The minimum atomic E-state index is -0.837. The number of hydrogen-bond acceptors (Lipinski definition) is 3. The van der Waals surface area contributed by atoms with Crippen molar-refractivity contribution in [1.82, 2.24) is 5.32 Å². The lowest BCUT2D eigenvalue weighted by Crippen LogP contribution is -2.45. The first-order chi connectivity index (χ1) is 37.2. The first-order valence-corrected chi connectivity index (χ1v) is 35.4. The van der Waals surface area contributed by atoms with E-state index >= 15 is 0 Å². The van der Waals surface area contributed by atoms with Crippen LogP contribution in [0.2, 0.25) is 0 Å². The molecule has 0 bridgehead atoms. The highest BCUT2D eigenvalue weighted by Crippen LogP contribution is 2.20. The van der Waals surface area contributed by atoms with Gasteiger partial charge >= 0.3 is 0 Å². The van der Waals surface area contributed by atoms with E-state index in [2.05, 4.69) is 19.2 Å². The summed E-state index contributed by atoms with van der Waals surface area (Å²) in [6.45, 7) is 4.37. The Morgan fingerprint density at radius 3 is 0.693 bits per heavy atom. The maximum atomic E-state index is 12.5. The van der Waals surface area contributed by atoms with Gasteiger partial charge in [-0.25, -0.2) is 0 Å². The Hall–Kier alpha value is -0.870. The van der Waals surface area contributed by atoms with Crippen LogP contribution in [0, 0.1) is 0 Å². The summed E-state index contributed by atoms with van der Waals surface area (Å²) < 4.78 is 0. The number of carbonyl (C=O) groups is 1. The lowest BCUT2D eigenvalue weighted by Gasteiger charge is -2.20. The van der Waals surface area contributed by atoms with Crippen molar-refractivity contribution in [3.8, 4) is 0 Å². The number of hydrogen-bond donors (Lipinski definition) is 3. The molecule has 75 heavy (non-hydrogen) atoms. The van der Waals surface area contributed by atoms with Crippen LogP contribution in [0.15, 0.2) is 12.2 Å². The van der Waals surface area contributed by atoms with Crippen LogP contribution in [0.3, 0.4) is 0 Å². The summed E-state index contributed by atoms with van der Waals surface area (Å²) in [7, 11) is 0. The molecule has 0 fully saturated rings. The second kappa shape index (κ2) is 67.4. The topological polar surface area (TPSA) is 69.6 Å². The van der Waals surface area contributed by atoms with Crippen molar-refractivity contribution in [2.75, 3.05) is 6.61 Å². The number of nitrogens with one attached hydrogen (secondary N) is 1. The van der Waals surface area contributed by atoms with Crippen LogP contribution in [0.5, 0.6) is 0 Å². The predicted molar refractivity (Wildman–Crippen MR) is 336 cm³/mol. The van der Waals surface area contributed by atoms with Crippen LogP contribution in [0.4, 0.5) is 0 Å². The number of aliphatic hydroxyl groups excluding tert-OH is 2. The van der Waals surface area contributed by atoms with Gasteiger partial charge in [0.05, 0.1) is 18.8 Å². The summed E-state index contributed by atoms with van der Waals surface area (Å²) in [5.74, 6) is -0.0529. The van der Waals surface area contributed by atoms with E-state index in [1.54, 1.807) is 6.08 Å². The molecule has 0 aromatic carbocycles. The second-order valence-corrected chi connectivity index (χ2v) is 24.7. The zero-order valence-electron chi connectivity index (χ0n) is 51.9. The molecule has 0 aliphatic rings. The Morgan fingerprint density at radius 2 is 0.493 bits per heavy atom. The Morgan fingerprint density at radius 1 is 0.307 bits per heavy atom. The molecule has 4 heteroatoms. The highest BCUT2D eigenvalue weighted by Gasteiger charge is 2.18. The highest BCUT2D eigenvalue weighted by atomic mass is 16.3. The number of allylic oxidation sites excluding steroid dienone is 1. The largest absolute Gasteiger partial charge is 0.394 e. The lowest BCUT2D eigenvalue weighted by molar-refractivity contribution is -0.123. The van der Waals surface area contributed by atoms with E-state index in [0.717, 1.165) is 25.7 Å². The monoisotopic (exact) mass is 1060 g/mol. The Bertz CT molecular complexity index is 1060. The van der Waals surface area contributed by atoms with E-state index in [-0.39, 0.29) is 12.5 Å². The number of aliphatic hydroxyl groups is 2. The average Bonchev–Trinajstić information content (AvgIpc) is 3.41. The first kappa shape index (κ1) is 74.1. The van der Waals surface area contributed by atoms with Crippen LogP contribution in [0.25, 0.3) is 0 Å². The molecule has 0 aliphatic carbocycles. The lowest BCUT2D eigenvalue weighted by atomic mass is 10.0.